The van der Waals surface area contributed by atoms with Crippen LogP contribution in [0.5, 0.6) is 0 Å². The van der Waals surface area contributed by atoms with Crippen molar-refractivity contribution in [3.63, 3.8) is 0 Å². The van der Waals surface area contributed by atoms with E-state index >= 15 is 0 Å². The first kappa shape index (κ1) is 9.50. The van der Waals surface area contributed by atoms with Gasteiger partial charge in [-0.15, -0.1) is 0 Å². The van der Waals surface area contributed by atoms with Gasteiger partial charge in [-0.25, -0.2) is 0 Å². The Labute approximate surface area is 75.6 Å². The average molecular weight is 165 g/mol. The van der Waals surface area contributed by atoms with Gasteiger partial charge >= 0.3 is 0 Å². The van der Waals surface area contributed by atoms with Gasteiger partial charge in [-0.1, -0.05) is 19.4 Å². The predicted octanol–water partition coefficient (Wildman–Crippen LogP) is 3.56. The Morgan fingerprint density at radius 1 is 1.33 bits per heavy atom. The molecule has 0 amide bonds. The molecule has 0 aromatic heterocycles. The van der Waals surface area contributed by atoms with Crippen LogP contribution >= 0.6 is 0 Å². The molecule has 0 aromatic carbocycles. The van der Waals surface area contributed by atoms with Crippen LogP contribution in [0.3, 0.4) is 0 Å². The first-order chi connectivity index (χ1) is 5.61. The van der Waals surface area contributed by atoms with Gasteiger partial charge < -0.3 is 0 Å². The van der Waals surface area contributed by atoms with Crippen molar-refractivity contribution in [3.05, 3.63) is 11.3 Å². The molecule has 0 bridgehead atoms. The normalized spacial score (nSPS) is 19.6. The van der Waals surface area contributed by atoms with Crippen LogP contribution in [0.2, 0.25) is 0 Å². The first-order valence-electron chi connectivity index (χ1n) is 4.85. The molecule has 0 spiro atoms. The molecule has 0 heterocycles. The Kier molecular flexibility index (Phi) is 3.07. The van der Waals surface area contributed by atoms with Gasteiger partial charge in [0, 0.05) is 11.4 Å². The number of rotatable bonds is 2. The SMILES string of the molecule is CC1=C(/N=C(\C)C(C)C)CCC1. The standard InChI is InChI=1S/C11H19N/c1-8(2)10(4)12-11-7-5-6-9(11)3/h8H,5-7H2,1-4H3/b12-10+. The van der Waals surface area contributed by atoms with Crippen molar-refractivity contribution in [2.45, 2.75) is 47.0 Å². The smallest absolute Gasteiger partial charge is 0.0392 e. The van der Waals surface area contributed by atoms with Gasteiger partial charge in [0.05, 0.1) is 0 Å². The summed E-state index contributed by atoms with van der Waals surface area (Å²) < 4.78 is 0. The Bertz CT molecular complexity index is 221. The fraction of sp³-hybridized carbons (Fsp3) is 0.727. The summed E-state index contributed by atoms with van der Waals surface area (Å²) in [5, 5.41) is 0. The molecule has 0 radical (unpaired) electrons. The van der Waals surface area contributed by atoms with Crippen LogP contribution < -0.4 is 0 Å². The highest BCUT2D eigenvalue weighted by Crippen LogP contribution is 2.26. The summed E-state index contributed by atoms with van der Waals surface area (Å²) in [6.07, 6.45) is 3.75. The molecule has 68 valence electrons. The highest BCUT2D eigenvalue weighted by atomic mass is 14.8. The van der Waals surface area contributed by atoms with E-state index in [0.717, 1.165) is 0 Å². The van der Waals surface area contributed by atoms with Gasteiger partial charge in [0.25, 0.3) is 0 Å². The topological polar surface area (TPSA) is 12.4 Å². The highest BCUT2D eigenvalue weighted by Gasteiger charge is 2.10. The zero-order valence-corrected chi connectivity index (χ0v) is 8.65. The molecule has 1 heteroatoms. The van der Waals surface area contributed by atoms with Gasteiger partial charge in [-0.3, -0.25) is 4.99 Å². The molecule has 0 saturated carbocycles. The van der Waals surface area contributed by atoms with Crippen LogP contribution in [-0.2, 0) is 0 Å². The van der Waals surface area contributed by atoms with Crippen LogP contribution in [0.1, 0.15) is 47.0 Å². The second-order valence-corrected chi connectivity index (χ2v) is 3.99. The molecule has 0 aromatic rings. The van der Waals surface area contributed by atoms with Crippen LogP contribution in [-0.4, -0.2) is 5.71 Å². The van der Waals surface area contributed by atoms with E-state index in [1.54, 1.807) is 0 Å². The van der Waals surface area contributed by atoms with Crippen molar-refractivity contribution in [1.29, 1.82) is 0 Å². The molecule has 0 saturated heterocycles. The third kappa shape index (κ3) is 2.20. The van der Waals surface area contributed by atoms with E-state index < -0.39 is 0 Å². The third-order valence-electron chi connectivity index (χ3n) is 2.60. The van der Waals surface area contributed by atoms with Crippen LogP contribution in [0.4, 0.5) is 0 Å². The zero-order chi connectivity index (χ0) is 9.14. The van der Waals surface area contributed by atoms with E-state index in [1.165, 1.54) is 36.2 Å². The van der Waals surface area contributed by atoms with Crippen molar-refractivity contribution < 1.29 is 0 Å². The van der Waals surface area contributed by atoms with Crippen LogP contribution in [0.25, 0.3) is 0 Å². The molecule has 12 heavy (non-hydrogen) atoms. The Balaban J connectivity index is 2.72. The van der Waals surface area contributed by atoms with Crippen LogP contribution in [0, 0.1) is 5.92 Å². The second-order valence-electron chi connectivity index (χ2n) is 3.99. The largest absolute Gasteiger partial charge is 0.262 e. The maximum absolute atomic E-state index is 4.65. The van der Waals surface area contributed by atoms with Crippen molar-refractivity contribution in [2.75, 3.05) is 0 Å². The fourth-order valence-corrected chi connectivity index (χ4v) is 1.37. The summed E-state index contributed by atoms with van der Waals surface area (Å²) in [7, 11) is 0. The molecule has 0 aliphatic heterocycles. The summed E-state index contributed by atoms with van der Waals surface area (Å²) in [6.45, 7) is 8.73. The molecule has 0 atom stereocenters. The quantitative estimate of drug-likeness (QED) is 0.555. The number of hydrogen-bond acceptors (Lipinski definition) is 1. The first-order valence-corrected chi connectivity index (χ1v) is 4.85. The summed E-state index contributed by atoms with van der Waals surface area (Å²) in [6, 6.07) is 0. The van der Waals surface area contributed by atoms with Crippen molar-refractivity contribution in [3.8, 4) is 0 Å². The van der Waals surface area contributed by atoms with Gasteiger partial charge in [0.2, 0.25) is 0 Å². The molecule has 1 aliphatic rings. The summed E-state index contributed by atoms with van der Waals surface area (Å²) in [5.41, 5.74) is 4.11. The minimum absolute atomic E-state index is 0.589. The Morgan fingerprint density at radius 2 is 2.00 bits per heavy atom. The summed E-state index contributed by atoms with van der Waals surface area (Å²) >= 11 is 0. The fourth-order valence-electron chi connectivity index (χ4n) is 1.37. The molecule has 1 aliphatic carbocycles. The van der Waals surface area contributed by atoms with E-state index in [-0.39, 0.29) is 0 Å². The average Bonchev–Trinajstić information content (AvgIpc) is 2.36. The van der Waals surface area contributed by atoms with Gasteiger partial charge in [0.15, 0.2) is 0 Å². The third-order valence-corrected chi connectivity index (χ3v) is 2.60. The number of hydrogen-bond donors (Lipinski definition) is 0. The lowest BCUT2D eigenvalue weighted by Crippen LogP contribution is -2.01. The molecular formula is C11H19N. The van der Waals surface area contributed by atoms with Crippen LogP contribution in [0.15, 0.2) is 16.3 Å². The maximum Gasteiger partial charge on any atom is 0.0392 e. The summed E-state index contributed by atoms with van der Waals surface area (Å²) in [5.74, 6) is 0.589. The Hall–Kier alpha value is -0.590. The second kappa shape index (κ2) is 3.88. The van der Waals surface area contributed by atoms with Gasteiger partial charge in [0.1, 0.15) is 0 Å². The zero-order valence-electron chi connectivity index (χ0n) is 8.65. The molecule has 1 rings (SSSR count). The predicted molar refractivity (Wildman–Crippen MR) is 54.5 cm³/mol. The van der Waals surface area contributed by atoms with E-state index in [1.807, 2.05) is 0 Å². The van der Waals surface area contributed by atoms with Crippen molar-refractivity contribution >= 4 is 5.71 Å². The van der Waals surface area contributed by atoms with E-state index in [0.29, 0.717) is 5.92 Å². The molecule has 0 N–H and O–H groups in total. The lowest BCUT2D eigenvalue weighted by molar-refractivity contribution is 0.860. The molecular weight excluding hydrogens is 146 g/mol. The van der Waals surface area contributed by atoms with E-state index in [9.17, 15) is 0 Å². The van der Waals surface area contributed by atoms with Gasteiger partial charge in [-0.05, 0) is 39.0 Å². The highest BCUT2D eigenvalue weighted by molar-refractivity contribution is 5.84. The van der Waals surface area contributed by atoms with Gasteiger partial charge in [-0.2, -0.15) is 0 Å². The lowest BCUT2D eigenvalue weighted by atomic mass is 10.1. The Morgan fingerprint density at radius 3 is 2.42 bits per heavy atom. The maximum atomic E-state index is 4.65. The van der Waals surface area contributed by atoms with E-state index in [2.05, 4.69) is 32.7 Å². The molecule has 1 nitrogen and oxygen atoms in total. The monoisotopic (exact) mass is 165 g/mol. The lowest BCUT2D eigenvalue weighted by Gasteiger charge is -2.04. The summed E-state index contributed by atoms with van der Waals surface area (Å²) in [4.78, 5) is 4.65. The number of nitrogens with zero attached hydrogens (tertiary/aromatic N) is 1. The van der Waals surface area contributed by atoms with Crippen molar-refractivity contribution in [2.24, 2.45) is 10.9 Å². The minimum atomic E-state index is 0.589. The number of aliphatic imine (C=N–C) groups is 1. The number of allylic oxidation sites excluding steroid dienone is 2. The molecule has 0 unspecified atom stereocenters. The van der Waals surface area contributed by atoms with Crippen molar-refractivity contribution in [1.82, 2.24) is 0 Å². The molecule has 0 fully saturated rings. The van der Waals surface area contributed by atoms with E-state index in [4.69, 9.17) is 0 Å². The minimum Gasteiger partial charge on any atom is -0.262 e.